The third-order valence-electron chi connectivity index (χ3n) is 4.03. The molecule has 1 atom stereocenters. The van der Waals surface area contributed by atoms with E-state index in [9.17, 15) is 0 Å². The highest BCUT2D eigenvalue weighted by Crippen LogP contribution is 2.23. The molecule has 2 aromatic carbocycles. The number of hydrogen-bond acceptors (Lipinski definition) is 2. The summed E-state index contributed by atoms with van der Waals surface area (Å²) in [7, 11) is 0. The van der Waals surface area contributed by atoms with Gasteiger partial charge in [-0.25, -0.2) is 0 Å². The number of nitrogens with zero attached hydrogens (tertiary/aromatic N) is 1. The van der Waals surface area contributed by atoms with Crippen LogP contribution >= 0.6 is 0 Å². The Bertz CT molecular complexity index is 550. The monoisotopic (exact) mass is 254 g/mol. The number of rotatable bonds is 1. The van der Waals surface area contributed by atoms with E-state index in [-0.39, 0.29) is 0 Å². The second-order valence-electron chi connectivity index (χ2n) is 5.52. The van der Waals surface area contributed by atoms with Crippen LogP contribution in [0.5, 0.6) is 0 Å². The van der Waals surface area contributed by atoms with E-state index in [1.165, 1.54) is 29.3 Å². The van der Waals surface area contributed by atoms with Gasteiger partial charge in [-0.15, -0.1) is 0 Å². The summed E-state index contributed by atoms with van der Waals surface area (Å²) in [4.78, 5) is 2.53. The van der Waals surface area contributed by atoms with Crippen LogP contribution in [0.2, 0.25) is 0 Å². The van der Waals surface area contributed by atoms with Gasteiger partial charge in [0, 0.05) is 24.8 Å². The molecule has 1 fully saturated rings. The Morgan fingerprint density at radius 1 is 1.05 bits per heavy atom. The molecule has 0 saturated carbocycles. The Kier molecular flexibility index (Phi) is 3.69. The van der Waals surface area contributed by atoms with Gasteiger partial charge in [0.25, 0.3) is 0 Å². The molecule has 0 radical (unpaired) electrons. The molecule has 1 unspecified atom stereocenters. The lowest BCUT2D eigenvalue weighted by molar-refractivity contribution is 0.475. The Labute approximate surface area is 115 Å². The van der Waals surface area contributed by atoms with Gasteiger partial charge in [-0.2, -0.15) is 0 Å². The van der Waals surface area contributed by atoms with E-state index in [1.807, 2.05) is 0 Å². The van der Waals surface area contributed by atoms with Crippen LogP contribution in [0, 0.1) is 0 Å². The topological polar surface area (TPSA) is 15.3 Å². The minimum absolute atomic E-state index is 0.628. The quantitative estimate of drug-likeness (QED) is 0.839. The van der Waals surface area contributed by atoms with E-state index < -0.39 is 0 Å². The molecule has 1 heterocycles. The van der Waals surface area contributed by atoms with Crippen LogP contribution in [0.15, 0.2) is 42.5 Å². The van der Waals surface area contributed by atoms with Crippen molar-refractivity contribution in [2.45, 2.75) is 25.8 Å². The lowest BCUT2D eigenvalue weighted by Gasteiger charge is -2.29. The molecular formula is C17H22N2. The van der Waals surface area contributed by atoms with Crippen LogP contribution in [0.3, 0.4) is 0 Å². The fourth-order valence-electron chi connectivity index (χ4n) is 2.81. The summed E-state index contributed by atoms with van der Waals surface area (Å²) >= 11 is 0. The Morgan fingerprint density at radius 3 is 2.79 bits per heavy atom. The molecule has 2 heteroatoms. The molecule has 0 bridgehead atoms. The van der Waals surface area contributed by atoms with E-state index in [0.29, 0.717) is 6.04 Å². The summed E-state index contributed by atoms with van der Waals surface area (Å²) in [6.07, 6.45) is 2.43. The van der Waals surface area contributed by atoms with Crippen molar-refractivity contribution in [3.05, 3.63) is 42.5 Å². The third-order valence-corrected chi connectivity index (χ3v) is 4.03. The SMILES string of the molecule is CC1CCN(c2ccc3ccccc3c2)CCCN1. The number of fused-ring (bicyclic) bond motifs is 1. The molecule has 0 amide bonds. The summed E-state index contributed by atoms with van der Waals surface area (Å²) in [6.45, 7) is 5.71. The first-order valence-corrected chi connectivity index (χ1v) is 7.30. The van der Waals surface area contributed by atoms with Crippen LogP contribution in [0.4, 0.5) is 5.69 Å². The van der Waals surface area contributed by atoms with E-state index in [2.05, 4.69) is 59.6 Å². The first-order valence-electron chi connectivity index (χ1n) is 7.30. The smallest absolute Gasteiger partial charge is 0.0372 e. The Balaban J connectivity index is 1.85. The lowest BCUT2D eigenvalue weighted by Crippen LogP contribution is -2.38. The number of benzene rings is 2. The first-order chi connectivity index (χ1) is 9.33. The van der Waals surface area contributed by atoms with Gasteiger partial charge >= 0.3 is 0 Å². The fourth-order valence-corrected chi connectivity index (χ4v) is 2.81. The zero-order valence-electron chi connectivity index (χ0n) is 11.6. The van der Waals surface area contributed by atoms with Crippen molar-refractivity contribution in [1.29, 1.82) is 0 Å². The highest BCUT2D eigenvalue weighted by molar-refractivity contribution is 5.85. The second-order valence-corrected chi connectivity index (χ2v) is 5.52. The zero-order valence-corrected chi connectivity index (χ0v) is 11.6. The first kappa shape index (κ1) is 12.5. The van der Waals surface area contributed by atoms with Crippen molar-refractivity contribution in [1.82, 2.24) is 5.32 Å². The maximum absolute atomic E-state index is 3.56. The van der Waals surface area contributed by atoms with Gasteiger partial charge in [0.1, 0.15) is 0 Å². The van der Waals surface area contributed by atoms with Gasteiger partial charge in [0.05, 0.1) is 0 Å². The average Bonchev–Trinajstić information content (AvgIpc) is 2.43. The lowest BCUT2D eigenvalue weighted by atomic mass is 10.1. The van der Waals surface area contributed by atoms with Gasteiger partial charge in [-0.05, 0) is 49.2 Å². The van der Waals surface area contributed by atoms with Gasteiger partial charge in [0.2, 0.25) is 0 Å². The van der Waals surface area contributed by atoms with Crippen LogP contribution in [0.25, 0.3) is 10.8 Å². The number of anilines is 1. The second kappa shape index (κ2) is 5.62. The van der Waals surface area contributed by atoms with Crippen LogP contribution in [-0.4, -0.2) is 25.7 Å². The van der Waals surface area contributed by atoms with Crippen molar-refractivity contribution in [2.24, 2.45) is 0 Å². The predicted molar refractivity (Wildman–Crippen MR) is 82.9 cm³/mol. The van der Waals surface area contributed by atoms with Crippen LogP contribution in [-0.2, 0) is 0 Å². The minimum atomic E-state index is 0.628. The summed E-state index contributed by atoms with van der Waals surface area (Å²) < 4.78 is 0. The average molecular weight is 254 g/mol. The van der Waals surface area contributed by atoms with E-state index in [0.717, 1.165) is 19.6 Å². The molecule has 0 aromatic heterocycles. The van der Waals surface area contributed by atoms with Crippen molar-refractivity contribution in [2.75, 3.05) is 24.5 Å². The molecule has 0 aliphatic carbocycles. The number of nitrogens with one attached hydrogen (secondary N) is 1. The summed E-state index contributed by atoms with van der Waals surface area (Å²) in [5.41, 5.74) is 1.37. The minimum Gasteiger partial charge on any atom is -0.371 e. The summed E-state index contributed by atoms with van der Waals surface area (Å²) in [5.74, 6) is 0. The molecule has 19 heavy (non-hydrogen) atoms. The molecule has 1 N–H and O–H groups in total. The van der Waals surface area contributed by atoms with Gasteiger partial charge in [0.15, 0.2) is 0 Å². The van der Waals surface area contributed by atoms with Gasteiger partial charge < -0.3 is 10.2 Å². The molecule has 3 rings (SSSR count). The van der Waals surface area contributed by atoms with E-state index in [1.54, 1.807) is 0 Å². The summed E-state index contributed by atoms with van der Waals surface area (Å²) in [5, 5.41) is 6.23. The van der Waals surface area contributed by atoms with E-state index >= 15 is 0 Å². The maximum atomic E-state index is 3.56. The highest BCUT2D eigenvalue weighted by Gasteiger charge is 2.12. The number of hydrogen-bond donors (Lipinski definition) is 1. The zero-order chi connectivity index (χ0) is 13.1. The van der Waals surface area contributed by atoms with Crippen molar-refractivity contribution >= 4 is 16.5 Å². The normalized spacial score (nSPS) is 21.1. The fraction of sp³-hybridized carbons (Fsp3) is 0.412. The third kappa shape index (κ3) is 2.90. The Hall–Kier alpha value is -1.54. The largest absolute Gasteiger partial charge is 0.371 e. The molecular weight excluding hydrogens is 232 g/mol. The maximum Gasteiger partial charge on any atom is 0.0372 e. The molecule has 1 saturated heterocycles. The molecule has 2 nitrogen and oxygen atoms in total. The molecule has 1 aliphatic rings. The van der Waals surface area contributed by atoms with Crippen molar-refractivity contribution < 1.29 is 0 Å². The van der Waals surface area contributed by atoms with Crippen molar-refractivity contribution in [3.8, 4) is 0 Å². The van der Waals surface area contributed by atoms with Gasteiger partial charge in [-0.3, -0.25) is 0 Å². The molecule has 1 aliphatic heterocycles. The Morgan fingerprint density at radius 2 is 1.89 bits per heavy atom. The standard InChI is InChI=1S/C17H22N2/c1-14-9-12-19(11-4-10-18-14)17-8-7-15-5-2-3-6-16(15)13-17/h2-3,5-8,13-14,18H,4,9-12H2,1H3. The van der Waals surface area contributed by atoms with Crippen molar-refractivity contribution in [3.63, 3.8) is 0 Å². The highest BCUT2D eigenvalue weighted by atomic mass is 15.1. The van der Waals surface area contributed by atoms with Gasteiger partial charge in [-0.1, -0.05) is 30.3 Å². The molecule has 2 aromatic rings. The summed E-state index contributed by atoms with van der Waals surface area (Å²) in [6, 6.07) is 16.1. The van der Waals surface area contributed by atoms with Crippen LogP contribution in [0.1, 0.15) is 19.8 Å². The van der Waals surface area contributed by atoms with E-state index in [4.69, 9.17) is 0 Å². The molecule has 100 valence electrons. The molecule has 0 spiro atoms. The predicted octanol–water partition coefficient (Wildman–Crippen LogP) is 3.42. The van der Waals surface area contributed by atoms with Crippen LogP contribution < -0.4 is 10.2 Å².